The Kier molecular flexibility index (Phi) is 4.02. The van der Waals surface area contributed by atoms with Crippen molar-refractivity contribution in [3.05, 3.63) is 40.7 Å². The van der Waals surface area contributed by atoms with Gasteiger partial charge in [-0.15, -0.1) is 5.10 Å². The van der Waals surface area contributed by atoms with Gasteiger partial charge in [0.05, 0.1) is 5.69 Å². The van der Waals surface area contributed by atoms with Gasteiger partial charge in [-0.1, -0.05) is 22.9 Å². The Morgan fingerprint density at radius 1 is 1.29 bits per heavy atom. The fraction of sp³-hybridized carbons (Fsp3) is 0.286. The number of carboxylic acids is 1. The number of carbonyl (C=O) groups is 2. The Morgan fingerprint density at radius 3 is 2.57 bits per heavy atom. The van der Waals surface area contributed by atoms with Gasteiger partial charge in [0.25, 0.3) is 0 Å². The molecule has 7 nitrogen and oxygen atoms in total. The van der Waals surface area contributed by atoms with Crippen LogP contribution in [0.3, 0.4) is 0 Å². The van der Waals surface area contributed by atoms with E-state index in [2.05, 4.69) is 15.6 Å². The predicted octanol–water partition coefficient (Wildman–Crippen LogP) is 1.54. The lowest BCUT2D eigenvalue weighted by Crippen LogP contribution is -2.21. The van der Waals surface area contributed by atoms with Crippen LogP contribution in [0.15, 0.2) is 18.2 Å². The van der Waals surface area contributed by atoms with Crippen LogP contribution in [-0.2, 0) is 11.3 Å². The molecule has 21 heavy (non-hydrogen) atoms. The van der Waals surface area contributed by atoms with E-state index in [1.165, 1.54) is 4.68 Å². The second-order valence-corrected chi connectivity index (χ2v) is 4.85. The zero-order valence-electron chi connectivity index (χ0n) is 12.0. The van der Waals surface area contributed by atoms with E-state index in [9.17, 15) is 9.59 Å². The first-order chi connectivity index (χ1) is 9.88. The molecule has 1 aromatic heterocycles. The van der Waals surface area contributed by atoms with E-state index in [1.54, 1.807) is 6.92 Å². The van der Waals surface area contributed by atoms with Crippen molar-refractivity contribution in [2.24, 2.45) is 0 Å². The minimum absolute atomic E-state index is 0.0839. The Balaban J connectivity index is 2.10. The number of aryl methyl sites for hydroxylation is 2. The van der Waals surface area contributed by atoms with Crippen molar-refractivity contribution in [1.82, 2.24) is 15.0 Å². The lowest BCUT2D eigenvalue weighted by Gasteiger charge is -2.09. The summed E-state index contributed by atoms with van der Waals surface area (Å²) in [5, 5.41) is 18.9. The number of carbonyl (C=O) groups excluding carboxylic acids is 1. The molecule has 0 aliphatic carbocycles. The largest absolute Gasteiger partial charge is 0.476 e. The van der Waals surface area contributed by atoms with Crippen LogP contribution >= 0.6 is 0 Å². The van der Waals surface area contributed by atoms with Crippen LogP contribution in [0.1, 0.15) is 27.3 Å². The molecular formula is C14H16N4O3. The summed E-state index contributed by atoms with van der Waals surface area (Å²) in [4.78, 5) is 22.9. The predicted molar refractivity (Wildman–Crippen MR) is 76.3 cm³/mol. The first-order valence-electron chi connectivity index (χ1n) is 6.39. The van der Waals surface area contributed by atoms with Gasteiger partial charge in [0, 0.05) is 5.69 Å². The van der Waals surface area contributed by atoms with Crippen LogP contribution in [0, 0.1) is 20.8 Å². The van der Waals surface area contributed by atoms with Gasteiger partial charge in [0.1, 0.15) is 6.54 Å². The molecule has 2 N–H and O–H groups in total. The maximum Gasteiger partial charge on any atom is 0.358 e. The lowest BCUT2D eigenvalue weighted by molar-refractivity contribution is -0.117. The Morgan fingerprint density at radius 2 is 2.00 bits per heavy atom. The van der Waals surface area contributed by atoms with E-state index in [0.717, 1.165) is 16.8 Å². The average Bonchev–Trinajstić information content (AvgIpc) is 2.74. The number of amides is 1. The third-order valence-electron chi connectivity index (χ3n) is 3.13. The Bertz CT molecular complexity index is 706. The molecule has 0 radical (unpaired) electrons. The third-order valence-corrected chi connectivity index (χ3v) is 3.13. The summed E-state index contributed by atoms with van der Waals surface area (Å²) in [7, 11) is 0. The minimum atomic E-state index is -1.16. The number of rotatable bonds is 4. The van der Waals surface area contributed by atoms with Gasteiger partial charge in [-0.2, -0.15) is 0 Å². The maximum absolute atomic E-state index is 12.0. The van der Waals surface area contributed by atoms with E-state index >= 15 is 0 Å². The van der Waals surface area contributed by atoms with Crippen molar-refractivity contribution in [1.29, 1.82) is 0 Å². The fourth-order valence-electron chi connectivity index (χ4n) is 1.99. The topological polar surface area (TPSA) is 97.1 Å². The molecule has 2 rings (SSSR count). The molecular weight excluding hydrogens is 272 g/mol. The average molecular weight is 288 g/mol. The van der Waals surface area contributed by atoms with Gasteiger partial charge in [0.2, 0.25) is 5.91 Å². The zero-order valence-corrected chi connectivity index (χ0v) is 12.0. The second kappa shape index (κ2) is 5.74. The first-order valence-corrected chi connectivity index (χ1v) is 6.39. The fourth-order valence-corrected chi connectivity index (χ4v) is 1.99. The second-order valence-electron chi connectivity index (χ2n) is 4.85. The quantitative estimate of drug-likeness (QED) is 0.889. The summed E-state index contributed by atoms with van der Waals surface area (Å²) in [6.45, 7) is 5.37. The summed E-state index contributed by atoms with van der Waals surface area (Å²) < 4.78 is 1.27. The highest BCUT2D eigenvalue weighted by Gasteiger charge is 2.16. The maximum atomic E-state index is 12.0. The zero-order chi connectivity index (χ0) is 15.6. The van der Waals surface area contributed by atoms with Gasteiger partial charge in [-0.05, 0) is 32.4 Å². The molecule has 0 saturated carbocycles. The number of aromatic nitrogens is 3. The number of hydrogen-bond donors (Lipinski definition) is 2. The van der Waals surface area contributed by atoms with Crippen LogP contribution in [-0.4, -0.2) is 32.0 Å². The molecule has 0 atom stereocenters. The van der Waals surface area contributed by atoms with E-state index in [1.807, 2.05) is 32.0 Å². The molecule has 0 bridgehead atoms. The number of nitrogens with zero attached hydrogens (tertiary/aromatic N) is 3. The van der Waals surface area contributed by atoms with Crippen LogP contribution < -0.4 is 5.32 Å². The number of benzene rings is 1. The minimum Gasteiger partial charge on any atom is -0.476 e. The summed E-state index contributed by atoms with van der Waals surface area (Å²) in [5.74, 6) is -1.44. The molecule has 0 aliphatic heterocycles. The van der Waals surface area contributed by atoms with E-state index < -0.39 is 5.97 Å². The molecule has 0 saturated heterocycles. The summed E-state index contributed by atoms with van der Waals surface area (Å²) in [6, 6.07) is 5.71. The molecule has 0 spiro atoms. The molecule has 1 amide bonds. The molecule has 1 heterocycles. The van der Waals surface area contributed by atoms with Gasteiger partial charge in [0.15, 0.2) is 5.69 Å². The highest BCUT2D eigenvalue weighted by Crippen LogP contribution is 2.16. The smallest absolute Gasteiger partial charge is 0.358 e. The number of anilines is 1. The van der Waals surface area contributed by atoms with E-state index in [4.69, 9.17) is 5.11 Å². The lowest BCUT2D eigenvalue weighted by atomic mass is 10.1. The number of nitrogens with one attached hydrogen (secondary N) is 1. The monoisotopic (exact) mass is 288 g/mol. The van der Waals surface area contributed by atoms with Gasteiger partial charge in [-0.3, -0.25) is 4.79 Å². The third kappa shape index (κ3) is 3.25. The van der Waals surface area contributed by atoms with Gasteiger partial charge < -0.3 is 10.4 Å². The van der Waals surface area contributed by atoms with Crippen molar-refractivity contribution in [2.45, 2.75) is 27.3 Å². The van der Waals surface area contributed by atoms with Crippen molar-refractivity contribution in [2.75, 3.05) is 5.32 Å². The Hall–Kier alpha value is -2.70. The van der Waals surface area contributed by atoms with Gasteiger partial charge in [-0.25, -0.2) is 9.48 Å². The molecule has 0 aliphatic rings. The van der Waals surface area contributed by atoms with Gasteiger partial charge >= 0.3 is 5.97 Å². The Labute approximate surface area is 121 Å². The van der Waals surface area contributed by atoms with E-state index in [0.29, 0.717) is 5.69 Å². The first kappa shape index (κ1) is 14.7. The molecule has 7 heteroatoms. The van der Waals surface area contributed by atoms with Crippen molar-refractivity contribution < 1.29 is 14.7 Å². The summed E-state index contributed by atoms with van der Waals surface area (Å²) >= 11 is 0. The number of aromatic carboxylic acids is 1. The van der Waals surface area contributed by atoms with Crippen molar-refractivity contribution >= 4 is 17.6 Å². The number of hydrogen-bond acceptors (Lipinski definition) is 4. The van der Waals surface area contributed by atoms with Crippen LogP contribution in [0.25, 0.3) is 0 Å². The summed E-state index contributed by atoms with van der Waals surface area (Å²) in [5.41, 5.74) is 3.00. The molecule has 110 valence electrons. The van der Waals surface area contributed by atoms with Crippen LogP contribution in [0.5, 0.6) is 0 Å². The standard InChI is InChI=1S/C14H16N4O3/c1-8-4-5-11(9(2)6-8)15-12(19)7-18-10(3)13(14(20)21)16-17-18/h4-6H,7H2,1-3H3,(H,15,19)(H,20,21). The highest BCUT2D eigenvalue weighted by atomic mass is 16.4. The van der Waals surface area contributed by atoms with Crippen molar-refractivity contribution in [3.8, 4) is 0 Å². The van der Waals surface area contributed by atoms with Crippen molar-refractivity contribution in [3.63, 3.8) is 0 Å². The normalized spacial score (nSPS) is 10.4. The summed E-state index contributed by atoms with van der Waals surface area (Å²) in [6.07, 6.45) is 0. The van der Waals surface area contributed by atoms with Crippen LogP contribution in [0.4, 0.5) is 5.69 Å². The molecule has 2 aromatic rings. The SMILES string of the molecule is Cc1ccc(NC(=O)Cn2nnc(C(=O)O)c2C)c(C)c1. The highest BCUT2D eigenvalue weighted by molar-refractivity contribution is 5.91. The molecule has 1 aromatic carbocycles. The molecule has 0 unspecified atom stereocenters. The van der Waals surface area contributed by atoms with Crippen LogP contribution in [0.2, 0.25) is 0 Å². The van der Waals surface area contributed by atoms with E-state index in [-0.39, 0.29) is 18.1 Å². The number of carboxylic acid groups (broad SMARTS) is 1. The molecule has 0 fully saturated rings.